The third-order valence-corrected chi connectivity index (χ3v) is 2.42. The number of pyridine rings is 1. The van der Waals surface area contributed by atoms with Gasteiger partial charge in [0, 0.05) is 5.39 Å². The summed E-state index contributed by atoms with van der Waals surface area (Å²) in [4.78, 5) is 4.50. The summed E-state index contributed by atoms with van der Waals surface area (Å²) in [6.07, 6.45) is 1.03. The number of rotatable bonds is 1. The van der Waals surface area contributed by atoms with Crippen LogP contribution in [0.3, 0.4) is 0 Å². The summed E-state index contributed by atoms with van der Waals surface area (Å²) < 4.78 is 0. The molecular weight excluding hydrogens is 165 g/mol. The van der Waals surface area contributed by atoms with Gasteiger partial charge in [0.25, 0.3) is 0 Å². The molecule has 0 saturated heterocycles. The molecular formula is C10H11NP+. The fourth-order valence-electron chi connectivity index (χ4n) is 1.25. The van der Waals surface area contributed by atoms with Crippen molar-refractivity contribution in [1.82, 2.24) is 4.98 Å². The van der Waals surface area contributed by atoms with Crippen LogP contribution in [0.1, 0.15) is 5.69 Å². The van der Waals surface area contributed by atoms with E-state index in [0.29, 0.717) is 0 Å². The lowest BCUT2D eigenvalue weighted by Crippen LogP contribution is -1.84. The van der Waals surface area contributed by atoms with Crippen molar-refractivity contribution in [3.63, 3.8) is 0 Å². The minimum Gasteiger partial charge on any atom is -0.249 e. The first kappa shape index (κ1) is 7.70. The highest BCUT2D eigenvalue weighted by Crippen LogP contribution is 2.12. The van der Waals surface area contributed by atoms with E-state index in [1.54, 1.807) is 0 Å². The molecule has 0 bridgehead atoms. The SMILES string of the molecule is [PH3+]Cc1ccc2ccccc2n1. The van der Waals surface area contributed by atoms with Gasteiger partial charge in [-0.2, -0.15) is 0 Å². The molecule has 0 fully saturated rings. The monoisotopic (exact) mass is 176 g/mol. The molecule has 60 valence electrons. The van der Waals surface area contributed by atoms with E-state index in [1.165, 1.54) is 11.1 Å². The standard InChI is InChI=1S/C10H10NP/c12-7-9-6-5-8-3-1-2-4-10(8)11-9/h1-6H,7,12H2/p+1. The van der Waals surface area contributed by atoms with Crippen LogP contribution in [0.25, 0.3) is 10.9 Å². The quantitative estimate of drug-likeness (QED) is 0.608. The van der Waals surface area contributed by atoms with E-state index in [0.717, 1.165) is 11.7 Å². The highest BCUT2D eigenvalue weighted by molar-refractivity contribution is 7.15. The Bertz CT molecular complexity index is 398. The summed E-state index contributed by atoms with van der Waals surface area (Å²) in [6, 6.07) is 12.4. The van der Waals surface area contributed by atoms with Crippen molar-refractivity contribution >= 4 is 20.1 Å². The van der Waals surface area contributed by atoms with Crippen molar-refractivity contribution in [3.05, 3.63) is 42.1 Å². The number of aromatic nitrogens is 1. The Hall–Kier alpha value is -0.940. The smallest absolute Gasteiger partial charge is 0.0944 e. The van der Waals surface area contributed by atoms with Crippen molar-refractivity contribution in [2.75, 3.05) is 0 Å². The minimum atomic E-state index is 1.03. The van der Waals surface area contributed by atoms with Crippen LogP contribution in [-0.2, 0) is 6.16 Å². The van der Waals surface area contributed by atoms with Gasteiger partial charge in [-0.15, -0.1) is 0 Å². The largest absolute Gasteiger partial charge is 0.249 e. The zero-order valence-corrected chi connectivity index (χ0v) is 8.24. The Morgan fingerprint density at radius 3 is 2.75 bits per heavy atom. The van der Waals surface area contributed by atoms with Gasteiger partial charge in [-0.3, -0.25) is 0 Å². The normalized spacial score (nSPS) is 10.7. The Morgan fingerprint density at radius 2 is 1.92 bits per heavy atom. The third-order valence-electron chi connectivity index (χ3n) is 1.91. The van der Waals surface area contributed by atoms with Crippen LogP contribution in [0, 0.1) is 0 Å². The summed E-state index contributed by atoms with van der Waals surface area (Å²) in [6.45, 7) is 0. The van der Waals surface area contributed by atoms with Crippen LogP contribution in [0.5, 0.6) is 0 Å². The van der Waals surface area contributed by atoms with Crippen molar-refractivity contribution < 1.29 is 0 Å². The Morgan fingerprint density at radius 1 is 1.08 bits per heavy atom. The van der Waals surface area contributed by atoms with E-state index in [-0.39, 0.29) is 0 Å². The Kier molecular flexibility index (Phi) is 2.05. The van der Waals surface area contributed by atoms with Gasteiger partial charge in [0.15, 0.2) is 0 Å². The molecule has 2 rings (SSSR count). The van der Waals surface area contributed by atoms with Crippen molar-refractivity contribution in [1.29, 1.82) is 0 Å². The van der Waals surface area contributed by atoms with Gasteiger partial charge in [0.2, 0.25) is 0 Å². The summed E-state index contributed by atoms with van der Waals surface area (Å²) in [5, 5.41) is 1.22. The molecule has 1 atom stereocenters. The van der Waals surface area contributed by atoms with E-state index in [9.17, 15) is 0 Å². The maximum absolute atomic E-state index is 4.50. The topological polar surface area (TPSA) is 12.9 Å². The fraction of sp³-hybridized carbons (Fsp3) is 0.100. The van der Waals surface area contributed by atoms with E-state index in [2.05, 4.69) is 29.2 Å². The van der Waals surface area contributed by atoms with Crippen LogP contribution in [0.15, 0.2) is 36.4 Å². The average molecular weight is 176 g/mol. The van der Waals surface area contributed by atoms with Crippen molar-refractivity contribution in [3.8, 4) is 0 Å². The molecule has 1 aromatic heterocycles. The molecule has 2 heteroatoms. The maximum atomic E-state index is 4.50. The van der Waals surface area contributed by atoms with Gasteiger partial charge in [-0.1, -0.05) is 24.3 Å². The summed E-state index contributed by atoms with van der Waals surface area (Å²) >= 11 is 0. The van der Waals surface area contributed by atoms with Crippen LogP contribution >= 0.6 is 9.24 Å². The Labute approximate surface area is 74.0 Å². The lowest BCUT2D eigenvalue weighted by molar-refractivity contribution is 1.23. The highest BCUT2D eigenvalue weighted by atomic mass is 31.0. The van der Waals surface area contributed by atoms with Gasteiger partial charge < -0.3 is 0 Å². The molecule has 0 radical (unpaired) electrons. The molecule has 1 aromatic carbocycles. The van der Waals surface area contributed by atoms with Gasteiger partial charge in [-0.25, -0.2) is 4.98 Å². The van der Waals surface area contributed by atoms with E-state index < -0.39 is 0 Å². The van der Waals surface area contributed by atoms with E-state index in [1.807, 2.05) is 21.4 Å². The van der Waals surface area contributed by atoms with Crippen LogP contribution in [0.2, 0.25) is 0 Å². The van der Waals surface area contributed by atoms with Crippen molar-refractivity contribution in [2.24, 2.45) is 0 Å². The van der Waals surface area contributed by atoms with Gasteiger partial charge in [0.1, 0.15) is 0 Å². The lowest BCUT2D eigenvalue weighted by atomic mass is 10.2. The molecule has 0 spiro atoms. The average Bonchev–Trinajstić information content (AvgIpc) is 2.17. The predicted molar refractivity (Wildman–Crippen MR) is 56.6 cm³/mol. The second-order valence-electron chi connectivity index (χ2n) is 2.75. The number of fused-ring (bicyclic) bond motifs is 1. The number of nitrogens with zero attached hydrogens (tertiary/aromatic N) is 1. The number of para-hydroxylation sites is 1. The summed E-state index contributed by atoms with van der Waals surface area (Å²) in [7, 11) is 1.94. The molecule has 12 heavy (non-hydrogen) atoms. The van der Waals surface area contributed by atoms with Crippen LogP contribution in [-0.4, -0.2) is 4.98 Å². The zero-order valence-electron chi connectivity index (χ0n) is 6.83. The number of benzene rings is 1. The summed E-state index contributed by atoms with van der Waals surface area (Å²) in [5.41, 5.74) is 2.27. The maximum Gasteiger partial charge on any atom is 0.0944 e. The minimum absolute atomic E-state index is 1.03. The van der Waals surface area contributed by atoms with E-state index in [4.69, 9.17) is 0 Å². The fourth-order valence-corrected chi connectivity index (χ4v) is 1.53. The molecule has 1 nitrogen and oxygen atoms in total. The molecule has 0 saturated carbocycles. The summed E-state index contributed by atoms with van der Waals surface area (Å²) in [5.74, 6) is 0. The van der Waals surface area contributed by atoms with Gasteiger partial charge in [0.05, 0.1) is 17.4 Å². The molecule has 0 N–H and O–H groups in total. The first-order valence-corrected chi connectivity index (χ1v) is 5.04. The number of hydrogen-bond acceptors (Lipinski definition) is 1. The molecule has 0 amide bonds. The van der Waals surface area contributed by atoms with Crippen LogP contribution in [0.4, 0.5) is 0 Å². The zero-order chi connectivity index (χ0) is 8.39. The Balaban J connectivity index is 2.67. The van der Waals surface area contributed by atoms with Crippen molar-refractivity contribution in [2.45, 2.75) is 6.16 Å². The molecule has 1 heterocycles. The lowest BCUT2D eigenvalue weighted by Gasteiger charge is -1.97. The third kappa shape index (κ3) is 1.33. The predicted octanol–water partition coefficient (Wildman–Crippen LogP) is 2.34. The van der Waals surface area contributed by atoms with Gasteiger partial charge >= 0.3 is 0 Å². The van der Waals surface area contributed by atoms with E-state index >= 15 is 0 Å². The number of hydrogen-bond donors (Lipinski definition) is 0. The first-order chi connectivity index (χ1) is 5.90. The molecule has 2 aromatic rings. The highest BCUT2D eigenvalue weighted by Gasteiger charge is 1.95. The molecule has 1 unspecified atom stereocenters. The molecule has 0 aliphatic heterocycles. The van der Waals surface area contributed by atoms with Crippen LogP contribution < -0.4 is 0 Å². The molecule has 0 aliphatic rings. The van der Waals surface area contributed by atoms with Gasteiger partial charge in [-0.05, 0) is 21.4 Å². The first-order valence-electron chi connectivity index (χ1n) is 4.04. The second kappa shape index (κ2) is 3.20. The second-order valence-corrected chi connectivity index (χ2v) is 3.25. The molecule has 0 aliphatic carbocycles.